The summed E-state index contributed by atoms with van der Waals surface area (Å²) in [6, 6.07) is 34.3. The van der Waals surface area contributed by atoms with Gasteiger partial charge in [0.05, 0.1) is 62.2 Å². The van der Waals surface area contributed by atoms with Crippen LogP contribution in [0, 0.1) is 0 Å². The van der Waals surface area contributed by atoms with Gasteiger partial charge in [-0.3, -0.25) is 19.2 Å². The maximum absolute atomic E-state index is 14.8. The number of rotatable bonds is 24. The minimum atomic E-state index is -0.389. The molecule has 92 heavy (non-hydrogen) atoms. The number of H-pyrrole nitrogens is 1. The van der Waals surface area contributed by atoms with Gasteiger partial charge in [0, 0.05) is 92.9 Å². The molecule has 8 bridgehead atoms. The van der Waals surface area contributed by atoms with Gasteiger partial charge in [-0.15, -0.1) is 0 Å². The molecule has 16 nitrogen and oxygen atoms in total. The number of benzene rings is 4. The fourth-order valence-electron chi connectivity index (χ4n) is 11.2. The Morgan fingerprint density at radius 3 is 1.18 bits per heavy atom. The molecular formula is C76H86N12O4. The third-order valence-corrected chi connectivity index (χ3v) is 16.1. The minimum absolute atomic E-state index is 0.294. The summed E-state index contributed by atoms with van der Waals surface area (Å²) in [5.41, 5.74) is 16.0. The molecule has 0 radical (unpaired) electrons. The van der Waals surface area contributed by atoms with E-state index in [1.807, 2.05) is 184 Å². The lowest BCUT2D eigenvalue weighted by atomic mass is 9.88. The first-order valence-electron chi connectivity index (χ1n) is 31.0. The second-order valence-electron chi connectivity index (χ2n) is 25.0. The van der Waals surface area contributed by atoms with E-state index >= 15 is 0 Å². The summed E-state index contributed by atoms with van der Waals surface area (Å²) in [7, 11) is 16.1. The molecule has 474 valence electrons. The van der Waals surface area contributed by atoms with Gasteiger partial charge in [-0.05, 0) is 193 Å². The van der Waals surface area contributed by atoms with Crippen LogP contribution in [0.4, 0.5) is 22.7 Å². The zero-order valence-electron chi connectivity index (χ0n) is 55.4. The topological polar surface area (TPSA) is 176 Å². The predicted octanol–water partition coefficient (Wildman–Crippen LogP) is 13.6. The Morgan fingerprint density at radius 1 is 0.424 bits per heavy atom. The number of hydrogen-bond acceptors (Lipinski definition) is 10. The van der Waals surface area contributed by atoms with Crippen molar-refractivity contribution in [2.24, 2.45) is 0 Å². The molecule has 0 saturated carbocycles. The van der Waals surface area contributed by atoms with Crippen molar-refractivity contribution < 1.29 is 19.2 Å². The molecule has 0 atom stereocenters. The molecule has 2 aliphatic rings. The summed E-state index contributed by atoms with van der Waals surface area (Å²) in [4.78, 5) is 81.7. The third kappa shape index (κ3) is 15.3. The van der Waals surface area contributed by atoms with E-state index in [0.29, 0.717) is 170 Å². The Labute approximate surface area is 541 Å². The molecule has 0 spiro atoms. The molecule has 3 aromatic heterocycles. The normalized spacial score (nSPS) is 11.8. The van der Waals surface area contributed by atoms with Crippen molar-refractivity contribution in [2.45, 2.75) is 53.4 Å². The number of hydrogen-bond donors (Lipinski definition) is 5. The largest absolute Gasteiger partial charge is 0.355 e. The maximum Gasteiger partial charge on any atom is 0.250 e. The average Bonchev–Trinajstić information content (AvgIpc) is 1.54. The zero-order chi connectivity index (χ0) is 66.2. The van der Waals surface area contributed by atoms with Crippen LogP contribution >= 0.6 is 0 Å². The van der Waals surface area contributed by atoms with Gasteiger partial charge in [0.2, 0.25) is 0 Å². The van der Waals surface area contributed by atoms with E-state index in [4.69, 9.17) is 9.97 Å². The van der Waals surface area contributed by atoms with Crippen molar-refractivity contribution in [3.63, 3.8) is 0 Å². The van der Waals surface area contributed by atoms with Gasteiger partial charge in [-0.25, -0.2) is 9.97 Å². The Morgan fingerprint density at radius 2 is 0.772 bits per heavy atom. The average molecular weight is 1230 g/mol. The van der Waals surface area contributed by atoms with Crippen molar-refractivity contribution in [1.82, 2.24) is 39.1 Å². The summed E-state index contributed by atoms with van der Waals surface area (Å²) in [5, 5.41) is 13.6. The summed E-state index contributed by atoms with van der Waals surface area (Å²) in [5.74, 6) is -1.54. The van der Waals surface area contributed by atoms with E-state index < -0.39 is 0 Å². The highest BCUT2D eigenvalue weighted by Gasteiger charge is 2.33. The molecule has 4 aromatic carbocycles. The van der Waals surface area contributed by atoms with E-state index in [-0.39, 0.29) is 23.6 Å². The van der Waals surface area contributed by atoms with Crippen LogP contribution in [0.25, 0.3) is 85.4 Å². The number of anilines is 4. The fraction of sp³-hybridized carbons (Fsp3) is 0.263. The number of nitrogens with one attached hydrogen (secondary N) is 5. The summed E-state index contributed by atoms with van der Waals surface area (Å²) in [6.45, 7) is 25.8. The smallest absolute Gasteiger partial charge is 0.250 e. The van der Waals surface area contributed by atoms with Crippen LogP contribution in [-0.4, -0.2) is 145 Å². The van der Waals surface area contributed by atoms with Crippen LogP contribution in [0.5, 0.6) is 0 Å². The molecule has 5 heterocycles. The van der Waals surface area contributed by atoms with Crippen LogP contribution < -0.4 is 21.3 Å². The first-order chi connectivity index (χ1) is 43.9. The van der Waals surface area contributed by atoms with Gasteiger partial charge in [0.25, 0.3) is 23.6 Å². The Bertz CT molecular complexity index is 4360. The van der Waals surface area contributed by atoms with Gasteiger partial charge < -0.3 is 50.4 Å². The van der Waals surface area contributed by atoms with Gasteiger partial charge in [-0.1, -0.05) is 93.0 Å². The second-order valence-corrected chi connectivity index (χ2v) is 25.0. The summed E-state index contributed by atoms with van der Waals surface area (Å²) >= 11 is 0. The van der Waals surface area contributed by atoms with Gasteiger partial charge in [-0.2, -0.15) is 0 Å². The maximum atomic E-state index is 14.8. The summed E-state index contributed by atoms with van der Waals surface area (Å²) < 4.78 is 2.18. The number of para-hydroxylation sites is 4. The van der Waals surface area contributed by atoms with E-state index in [9.17, 15) is 19.2 Å². The molecule has 0 saturated heterocycles. The number of aromatic nitrogens is 4. The number of amides is 4. The van der Waals surface area contributed by atoms with Gasteiger partial charge in [0.15, 0.2) is 0 Å². The quantitative estimate of drug-likeness (QED) is 0.0366. The number of fused-ring (bicyclic) bond motifs is 8. The molecule has 16 heteroatoms. The highest BCUT2D eigenvalue weighted by atomic mass is 16.2. The standard InChI is InChI=1S/C76H86N12O4/c1-46(2)73(89)80-68-50(35-39-84(9)10)21-17-25-59(68)65-62-34-33-57(79-62)44-56-30-29-54(77-56)43-55-31-32-58(78-55)45-64-66(60-26-18-22-51(36-40-85(11)12)69(60)81-74(90)47(3)4)67(61-27-19-23-52(37-41-86(13)14)70(61)82-75(91)48(5)6)72(65)88(64)63-28-20-24-53(38-42-87(15)16)71(63)83-76(92)49(7)8/h17-34,43-45,77H,1,3,5,7,35-42H2,2,4,6,8-16H3,(H,80,89)(H,81,90)(H,82,91)(H,83,92). The van der Waals surface area contributed by atoms with Crippen molar-refractivity contribution in [2.75, 3.05) is 104 Å². The SMILES string of the molecule is C=C(C)C(=O)Nc1c(CCN(C)C)cccc1-c1c(-c2cccc(CCN(C)C)c2NC(=O)C(=C)C)c2c(-c3cccc(CCN(C)C)c3NC(=O)C(=C)C)c3nc(cc4ccc(cc5nc(cc1n2-c1cccc(CCN(C)C)c1NC(=O)C(=C)C)C=C5)[nH]4)C=C3. The van der Waals surface area contributed by atoms with Crippen molar-refractivity contribution >= 4 is 92.7 Å². The highest BCUT2D eigenvalue weighted by Crippen LogP contribution is 2.53. The highest BCUT2D eigenvalue weighted by molar-refractivity contribution is 6.19. The molecule has 0 fully saturated rings. The lowest BCUT2D eigenvalue weighted by Crippen LogP contribution is -2.19. The fourth-order valence-corrected chi connectivity index (χ4v) is 11.2. The predicted molar refractivity (Wildman–Crippen MR) is 383 cm³/mol. The first kappa shape index (κ1) is 66.6. The number of likely N-dealkylation sites (N-methyl/N-ethyl adjacent to an activating group) is 4. The molecule has 0 unspecified atom stereocenters. The summed E-state index contributed by atoms with van der Waals surface area (Å²) in [6.07, 6.45) is 10.0. The Balaban J connectivity index is 1.74. The Kier molecular flexibility index (Phi) is 21.0. The van der Waals surface area contributed by atoms with Crippen LogP contribution in [0.2, 0.25) is 0 Å². The van der Waals surface area contributed by atoms with Crippen LogP contribution in [0.1, 0.15) is 72.7 Å². The van der Waals surface area contributed by atoms with Crippen molar-refractivity contribution in [3.8, 4) is 39.1 Å². The van der Waals surface area contributed by atoms with E-state index in [1.54, 1.807) is 27.7 Å². The van der Waals surface area contributed by atoms with Crippen LogP contribution in [0.15, 0.2) is 152 Å². The number of carbonyl (C=O) groups excluding carboxylic acids is 4. The first-order valence-corrected chi connectivity index (χ1v) is 31.0. The molecule has 9 rings (SSSR count). The zero-order valence-corrected chi connectivity index (χ0v) is 55.4. The molecule has 4 amide bonds. The minimum Gasteiger partial charge on any atom is -0.355 e. The van der Waals surface area contributed by atoms with E-state index in [1.165, 1.54) is 0 Å². The number of nitrogens with zero attached hydrogens (tertiary/aromatic N) is 7. The molecule has 7 aromatic rings. The van der Waals surface area contributed by atoms with E-state index in [2.05, 4.69) is 76.7 Å². The van der Waals surface area contributed by atoms with Crippen molar-refractivity contribution in [3.05, 3.63) is 197 Å². The van der Waals surface area contributed by atoms with Gasteiger partial charge in [0.1, 0.15) is 0 Å². The monoisotopic (exact) mass is 1230 g/mol. The second kappa shape index (κ2) is 29.0. The van der Waals surface area contributed by atoms with Crippen LogP contribution in [-0.2, 0) is 44.9 Å². The number of aromatic amines is 1. The van der Waals surface area contributed by atoms with Crippen molar-refractivity contribution in [1.29, 1.82) is 0 Å². The van der Waals surface area contributed by atoms with E-state index in [0.717, 1.165) is 33.3 Å². The lowest BCUT2D eigenvalue weighted by molar-refractivity contribution is -0.113. The Hall–Kier alpha value is -9.84. The molecular weight excluding hydrogens is 1140 g/mol. The third-order valence-electron chi connectivity index (χ3n) is 16.1. The van der Waals surface area contributed by atoms with Crippen LogP contribution in [0.3, 0.4) is 0 Å². The lowest BCUT2D eigenvalue weighted by Gasteiger charge is -2.23. The molecule has 0 aliphatic carbocycles. The molecule has 2 aliphatic heterocycles. The molecule has 5 N–H and O–H groups in total. The van der Waals surface area contributed by atoms with Gasteiger partial charge >= 0.3 is 0 Å². The number of carbonyl (C=O) groups is 4.